The van der Waals surface area contributed by atoms with Crippen LogP contribution in [-0.2, 0) is 12.8 Å². The molecule has 3 rings (SSSR count). The molecule has 1 atom stereocenters. The van der Waals surface area contributed by atoms with Crippen LogP contribution in [-0.4, -0.2) is 37.6 Å². The molecule has 1 aromatic carbocycles. The van der Waals surface area contributed by atoms with Crippen LogP contribution in [0.4, 0.5) is 0 Å². The number of rotatable bonds is 6. The smallest absolute Gasteiger partial charge is 0.000664 e. The zero-order valence-corrected chi connectivity index (χ0v) is 13.3. The van der Waals surface area contributed by atoms with Gasteiger partial charge in [0.25, 0.3) is 0 Å². The summed E-state index contributed by atoms with van der Waals surface area (Å²) in [6.45, 7) is 6.35. The molecule has 1 saturated heterocycles. The molecule has 0 radical (unpaired) electrons. The van der Waals surface area contributed by atoms with E-state index < -0.39 is 0 Å². The van der Waals surface area contributed by atoms with E-state index in [1.807, 2.05) is 0 Å². The average Bonchev–Trinajstić information content (AvgIpc) is 2.55. The number of fused-ring (bicyclic) bond motifs is 1. The molecular formula is C19H30N2. The highest BCUT2D eigenvalue weighted by Crippen LogP contribution is 2.24. The van der Waals surface area contributed by atoms with Gasteiger partial charge in [0.05, 0.1) is 0 Å². The molecule has 0 bridgehead atoms. The van der Waals surface area contributed by atoms with Crippen molar-refractivity contribution in [3.63, 3.8) is 0 Å². The Morgan fingerprint density at radius 3 is 2.71 bits per heavy atom. The van der Waals surface area contributed by atoms with Gasteiger partial charge in [-0.15, -0.1) is 0 Å². The zero-order chi connectivity index (χ0) is 14.3. The molecule has 0 aromatic heterocycles. The zero-order valence-electron chi connectivity index (χ0n) is 13.3. The van der Waals surface area contributed by atoms with Crippen LogP contribution in [0.25, 0.3) is 0 Å². The molecule has 1 unspecified atom stereocenters. The van der Waals surface area contributed by atoms with Crippen LogP contribution in [0, 0.1) is 5.92 Å². The fourth-order valence-corrected chi connectivity index (χ4v) is 3.86. The highest BCUT2D eigenvalue weighted by Gasteiger charge is 2.17. The molecule has 1 N–H and O–H groups in total. The van der Waals surface area contributed by atoms with Gasteiger partial charge in [0, 0.05) is 0 Å². The molecule has 1 aliphatic carbocycles. The number of hydrogen-bond donors (Lipinski definition) is 1. The van der Waals surface area contributed by atoms with Gasteiger partial charge in [-0.1, -0.05) is 30.7 Å². The Morgan fingerprint density at radius 2 is 1.86 bits per heavy atom. The number of hydrogen-bond acceptors (Lipinski definition) is 2. The first kappa shape index (κ1) is 15.1. The lowest BCUT2D eigenvalue weighted by Gasteiger charge is -2.27. The molecule has 1 aliphatic heterocycles. The van der Waals surface area contributed by atoms with Crippen LogP contribution in [0.5, 0.6) is 0 Å². The molecule has 1 heterocycles. The predicted molar refractivity (Wildman–Crippen MR) is 89.7 cm³/mol. The monoisotopic (exact) mass is 286 g/mol. The molecule has 2 nitrogen and oxygen atoms in total. The summed E-state index contributed by atoms with van der Waals surface area (Å²) in [4.78, 5) is 2.64. The van der Waals surface area contributed by atoms with Gasteiger partial charge in [-0.3, -0.25) is 0 Å². The van der Waals surface area contributed by atoms with Gasteiger partial charge in [0.1, 0.15) is 0 Å². The van der Waals surface area contributed by atoms with E-state index in [-0.39, 0.29) is 0 Å². The number of likely N-dealkylation sites (tertiary alicyclic amines) is 1. The standard InChI is InChI=1S/C19H30N2/c1-4-12-21(13-5-1)14-6-11-20-16-17-9-10-18-7-2-3-8-19(18)15-17/h2-3,7-8,17,20H,1,4-6,9-16H2. The van der Waals surface area contributed by atoms with Gasteiger partial charge in [0.2, 0.25) is 0 Å². The maximum Gasteiger partial charge on any atom is -0.000664 e. The third kappa shape index (κ3) is 4.55. The van der Waals surface area contributed by atoms with Gasteiger partial charge in [-0.25, -0.2) is 0 Å². The van der Waals surface area contributed by atoms with Crippen molar-refractivity contribution in [1.29, 1.82) is 0 Å². The average molecular weight is 286 g/mol. The van der Waals surface area contributed by atoms with Gasteiger partial charge in [-0.05, 0) is 88.3 Å². The summed E-state index contributed by atoms with van der Waals surface area (Å²) in [5.41, 5.74) is 3.17. The third-order valence-corrected chi connectivity index (χ3v) is 5.16. The lowest BCUT2D eigenvalue weighted by atomic mass is 9.84. The van der Waals surface area contributed by atoms with Crippen LogP contribution in [0.2, 0.25) is 0 Å². The van der Waals surface area contributed by atoms with E-state index in [0.717, 1.165) is 5.92 Å². The maximum absolute atomic E-state index is 3.70. The SMILES string of the molecule is c1ccc2c(c1)CCC(CNCCCN1CCCCC1)C2. The van der Waals surface area contributed by atoms with E-state index in [1.54, 1.807) is 11.1 Å². The minimum atomic E-state index is 0.842. The lowest BCUT2D eigenvalue weighted by Crippen LogP contribution is -2.33. The Labute approximate surface area is 129 Å². The predicted octanol–water partition coefficient (Wildman–Crippen LogP) is 3.26. The first-order valence-electron chi connectivity index (χ1n) is 8.91. The lowest BCUT2D eigenvalue weighted by molar-refractivity contribution is 0.225. The second-order valence-corrected chi connectivity index (χ2v) is 6.84. The number of nitrogens with one attached hydrogen (secondary N) is 1. The molecule has 21 heavy (non-hydrogen) atoms. The van der Waals surface area contributed by atoms with E-state index >= 15 is 0 Å². The minimum Gasteiger partial charge on any atom is -0.316 e. The Bertz CT molecular complexity index is 423. The summed E-state index contributed by atoms with van der Waals surface area (Å²) < 4.78 is 0. The molecule has 0 saturated carbocycles. The second-order valence-electron chi connectivity index (χ2n) is 6.84. The maximum atomic E-state index is 3.70. The summed E-state index contributed by atoms with van der Waals surface area (Å²) >= 11 is 0. The van der Waals surface area contributed by atoms with Gasteiger partial charge in [0.15, 0.2) is 0 Å². The largest absolute Gasteiger partial charge is 0.316 e. The molecule has 1 aromatic rings. The van der Waals surface area contributed by atoms with E-state index in [4.69, 9.17) is 0 Å². The van der Waals surface area contributed by atoms with Crippen molar-refractivity contribution in [1.82, 2.24) is 10.2 Å². The van der Waals surface area contributed by atoms with E-state index in [2.05, 4.69) is 34.5 Å². The Balaban J connectivity index is 1.30. The highest BCUT2D eigenvalue weighted by atomic mass is 15.1. The van der Waals surface area contributed by atoms with Crippen LogP contribution in [0.3, 0.4) is 0 Å². The Kier molecular flexibility index (Phi) is 5.70. The van der Waals surface area contributed by atoms with Crippen LogP contribution in [0.15, 0.2) is 24.3 Å². The summed E-state index contributed by atoms with van der Waals surface area (Å²) in [7, 11) is 0. The number of piperidine rings is 1. The summed E-state index contributed by atoms with van der Waals surface area (Å²) in [6, 6.07) is 8.99. The normalized spacial score (nSPS) is 23.0. The van der Waals surface area contributed by atoms with E-state index in [0.29, 0.717) is 0 Å². The van der Waals surface area contributed by atoms with Crippen molar-refractivity contribution < 1.29 is 0 Å². The van der Waals surface area contributed by atoms with Gasteiger partial charge in [-0.2, -0.15) is 0 Å². The Morgan fingerprint density at radius 1 is 1.05 bits per heavy atom. The highest BCUT2D eigenvalue weighted by molar-refractivity contribution is 5.29. The van der Waals surface area contributed by atoms with Crippen molar-refractivity contribution >= 4 is 0 Å². The van der Waals surface area contributed by atoms with E-state index in [1.165, 1.54) is 77.7 Å². The summed E-state index contributed by atoms with van der Waals surface area (Å²) in [5, 5.41) is 3.70. The number of aryl methyl sites for hydroxylation is 1. The molecule has 116 valence electrons. The van der Waals surface area contributed by atoms with Crippen molar-refractivity contribution in [2.75, 3.05) is 32.7 Å². The van der Waals surface area contributed by atoms with Gasteiger partial charge < -0.3 is 10.2 Å². The molecule has 2 heteroatoms. The first-order chi connectivity index (χ1) is 10.4. The van der Waals surface area contributed by atoms with Crippen LogP contribution in [0.1, 0.15) is 43.2 Å². The van der Waals surface area contributed by atoms with Crippen molar-refractivity contribution in [2.45, 2.75) is 44.9 Å². The van der Waals surface area contributed by atoms with Crippen molar-refractivity contribution in [3.8, 4) is 0 Å². The molecule has 0 spiro atoms. The molecular weight excluding hydrogens is 256 g/mol. The van der Waals surface area contributed by atoms with Crippen LogP contribution >= 0.6 is 0 Å². The van der Waals surface area contributed by atoms with Gasteiger partial charge >= 0.3 is 0 Å². The number of nitrogens with zero attached hydrogens (tertiary/aromatic N) is 1. The summed E-state index contributed by atoms with van der Waals surface area (Å²) in [5.74, 6) is 0.842. The van der Waals surface area contributed by atoms with Crippen molar-refractivity contribution in [3.05, 3.63) is 35.4 Å². The molecule has 0 amide bonds. The summed E-state index contributed by atoms with van der Waals surface area (Å²) in [6.07, 6.45) is 9.48. The fraction of sp³-hybridized carbons (Fsp3) is 0.684. The quantitative estimate of drug-likeness (QED) is 0.808. The van der Waals surface area contributed by atoms with Crippen LogP contribution < -0.4 is 5.32 Å². The van der Waals surface area contributed by atoms with E-state index in [9.17, 15) is 0 Å². The van der Waals surface area contributed by atoms with Crippen molar-refractivity contribution in [2.24, 2.45) is 5.92 Å². The Hall–Kier alpha value is -0.860. The number of benzene rings is 1. The molecule has 2 aliphatic rings. The third-order valence-electron chi connectivity index (χ3n) is 5.16. The molecule has 1 fully saturated rings. The topological polar surface area (TPSA) is 15.3 Å². The first-order valence-corrected chi connectivity index (χ1v) is 8.91. The second kappa shape index (κ2) is 7.95. The minimum absolute atomic E-state index is 0.842. The fourth-order valence-electron chi connectivity index (χ4n) is 3.86.